The Hall–Kier alpha value is -1.42. The number of piperazine rings is 1. The zero-order valence-corrected chi connectivity index (χ0v) is 12.6. The van der Waals surface area contributed by atoms with E-state index in [1.165, 1.54) is 18.5 Å². The third kappa shape index (κ3) is 2.57. The number of benzene rings is 1. The van der Waals surface area contributed by atoms with Gasteiger partial charge in [0.05, 0.1) is 19.9 Å². The van der Waals surface area contributed by atoms with Crippen molar-refractivity contribution in [2.45, 2.75) is 31.8 Å². The Balaban J connectivity index is 1.85. The summed E-state index contributed by atoms with van der Waals surface area (Å²) in [4.78, 5) is 2.47. The van der Waals surface area contributed by atoms with Gasteiger partial charge in [0.1, 0.15) is 11.5 Å². The van der Waals surface area contributed by atoms with Crippen molar-refractivity contribution in [1.29, 1.82) is 0 Å². The van der Waals surface area contributed by atoms with Crippen molar-refractivity contribution < 1.29 is 9.47 Å². The van der Waals surface area contributed by atoms with Crippen LogP contribution >= 0.6 is 0 Å². The van der Waals surface area contributed by atoms with E-state index in [4.69, 9.17) is 9.47 Å². The number of nitrogens with zero attached hydrogens (tertiary/aromatic N) is 1. The molecule has 1 aliphatic heterocycles. The Labute approximate surface area is 121 Å². The van der Waals surface area contributed by atoms with Crippen molar-refractivity contribution >= 4 is 5.69 Å². The summed E-state index contributed by atoms with van der Waals surface area (Å²) in [6, 6.07) is 7.20. The topological polar surface area (TPSA) is 33.7 Å². The molecule has 0 bridgehead atoms. The molecule has 2 atom stereocenters. The molecular formula is C16H24N2O2. The molecule has 2 fully saturated rings. The first-order chi connectivity index (χ1) is 9.72. The first-order valence-electron chi connectivity index (χ1n) is 7.45. The third-order valence-corrected chi connectivity index (χ3v) is 4.49. The van der Waals surface area contributed by atoms with E-state index >= 15 is 0 Å². The molecule has 20 heavy (non-hydrogen) atoms. The Morgan fingerprint density at radius 1 is 1.20 bits per heavy atom. The van der Waals surface area contributed by atoms with Crippen LogP contribution in [-0.4, -0.2) is 39.4 Å². The van der Waals surface area contributed by atoms with Crippen LogP contribution in [0.1, 0.15) is 19.8 Å². The lowest BCUT2D eigenvalue weighted by molar-refractivity contribution is 0.365. The van der Waals surface area contributed by atoms with Crippen molar-refractivity contribution in [2.24, 2.45) is 5.92 Å². The summed E-state index contributed by atoms with van der Waals surface area (Å²) in [5.41, 5.74) is 1.17. The maximum absolute atomic E-state index is 5.56. The summed E-state index contributed by atoms with van der Waals surface area (Å²) in [6.07, 6.45) is 2.75. The van der Waals surface area contributed by atoms with Gasteiger partial charge in [-0.1, -0.05) is 0 Å². The standard InChI is InChI=1S/C16H24N2O2/c1-11-9-17-14(12-4-5-12)10-18(11)15-7-6-13(19-2)8-16(15)20-3/h6-8,11-12,14,17H,4-5,9-10H2,1-3H3. The van der Waals surface area contributed by atoms with Gasteiger partial charge in [-0.15, -0.1) is 0 Å². The largest absolute Gasteiger partial charge is 0.497 e. The number of anilines is 1. The van der Waals surface area contributed by atoms with Crippen molar-refractivity contribution in [3.05, 3.63) is 18.2 Å². The molecule has 2 aliphatic rings. The van der Waals surface area contributed by atoms with Gasteiger partial charge in [0, 0.05) is 31.2 Å². The Morgan fingerprint density at radius 2 is 2.00 bits per heavy atom. The van der Waals surface area contributed by atoms with Crippen molar-refractivity contribution in [3.63, 3.8) is 0 Å². The fourth-order valence-electron chi connectivity index (χ4n) is 3.06. The molecule has 0 radical (unpaired) electrons. The van der Waals surface area contributed by atoms with Crippen molar-refractivity contribution in [2.75, 3.05) is 32.2 Å². The maximum atomic E-state index is 5.56. The van der Waals surface area contributed by atoms with E-state index in [9.17, 15) is 0 Å². The highest BCUT2D eigenvalue weighted by Crippen LogP contribution is 2.38. The van der Waals surface area contributed by atoms with Crippen LogP contribution in [0.25, 0.3) is 0 Å². The summed E-state index contributed by atoms with van der Waals surface area (Å²) in [6.45, 7) is 4.37. The summed E-state index contributed by atoms with van der Waals surface area (Å²) >= 11 is 0. The normalized spacial score (nSPS) is 26.4. The first kappa shape index (κ1) is 13.6. The highest BCUT2D eigenvalue weighted by molar-refractivity contribution is 5.62. The Kier molecular flexibility index (Phi) is 3.74. The van der Waals surface area contributed by atoms with Crippen molar-refractivity contribution in [3.8, 4) is 11.5 Å². The van der Waals surface area contributed by atoms with E-state index in [1.807, 2.05) is 12.1 Å². The third-order valence-electron chi connectivity index (χ3n) is 4.49. The van der Waals surface area contributed by atoms with Gasteiger partial charge < -0.3 is 19.7 Å². The Bertz CT molecular complexity index is 474. The van der Waals surface area contributed by atoms with E-state index in [1.54, 1.807) is 14.2 Å². The van der Waals surface area contributed by atoms with Gasteiger partial charge >= 0.3 is 0 Å². The van der Waals surface area contributed by atoms with Crippen LogP contribution in [0.3, 0.4) is 0 Å². The van der Waals surface area contributed by atoms with Gasteiger partial charge in [0.25, 0.3) is 0 Å². The van der Waals surface area contributed by atoms with Crippen LogP contribution in [0.4, 0.5) is 5.69 Å². The van der Waals surface area contributed by atoms with Gasteiger partial charge in [-0.25, -0.2) is 0 Å². The molecule has 4 heteroatoms. The highest BCUT2D eigenvalue weighted by Gasteiger charge is 2.36. The Morgan fingerprint density at radius 3 is 2.65 bits per heavy atom. The average Bonchev–Trinajstić information content (AvgIpc) is 3.32. The monoisotopic (exact) mass is 276 g/mol. The van der Waals surface area contributed by atoms with E-state index in [0.29, 0.717) is 12.1 Å². The zero-order chi connectivity index (χ0) is 14.1. The first-order valence-corrected chi connectivity index (χ1v) is 7.45. The molecule has 1 N–H and O–H groups in total. The number of methoxy groups -OCH3 is 2. The van der Waals surface area contributed by atoms with Crippen LogP contribution in [0.15, 0.2) is 18.2 Å². The quantitative estimate of drug-likeness (QED) is 0.915. The maximum Gasteiger partial charge on any atom is 0.145 e. The zero-order valence-electron chi connectivity index (χ0n) is 12.6. The van der Waals surface area contributed by atoms with E-state index in [2.05, 4.69) is 23.2 Å². The SMILES string of the molecule is COc1ccc(N2CC(C3CC3)NCC2C)c(OC)c1. The summed E-state index contributed by atoms with van der Waals surface area (Å²) in [5.74, 6) is 2.61. The van der Waals surface area contributed by atoms with E-state index < -0.39 is 0 Å². The van der Waals surface area contributed by atoms with Crippen LogP contribution in [-0.2, 0) is 0 Å². The van der Waals surface area contributed by atoms with Crippen molar-refractivity contribution in [1.82, 2.24) is 5.32 Å². The van der Waals surface area contributed by atoms with Crippen LogP contribution in [0.2, 0.25) is 0 Å². The van der Waals surface area contributed by atoms with Crippen LogP contribution < -0.4 is 19.7 Å². The van der Waals surface area contributed by atoms with Gasteiger partial charge in [-0.05, 0) is 37.8 Å². The second-order valence-electron chi connectivity index (χ2n) is 5.89. The second-order valence-corrected chi connectivity index (χ2v) is 5.89. The lowest BCUT2D eigenvalue weighted by Crippen LogP contribution is -2.56. The predicted octanol–water partition coefficient (Wildman–Crippen LogP) is 2.28. The van der Waals surface area contributed by atoms with Crippen LogP contribution in [0, 0.1) is 5.92 Å². The molecule has 1 heterocycles. The summed E-state index contributed by atoms with van der Waals surface area (Å²) < 4.78 is 10.8. The molecular weight excluding hydrogens is 252 g/mol. The number of rotatable bonds is 4. The minimum Gasteiger partial charge on any atom is -0.497 e. The second kappa shape index (κ2) is 5.52. The smallest absolute Gasteiger partial charge is 0.145 e. The van der Waals surface area contributed by atoms with Crippen LogP contribution in [0.5, 0.6) is 11.5 Å². The average molecular weight is 276 g/mol. The molecule has 1 aromatic rings. The highest BCUT2D eigenvalue weighted by atomic mass is 16.5. The molecule has 0 amide bonds. The van der Waals surface area contributed by atoms with E-state index in [-0.39, 0.29) is 0 Å². The number of hydrogen-bond acceptors (Lipinski definition) is 4. The van der Waals surface area contributed by atoms with Gasteiger partial charge in [-0.3, -0.25) is 0 Å². The lowest BCUT2D eigenvalue weighted by Gasteiger charge is -2.41. The molecule has 110 valence electrons. The lowest BCUT2D eigenvalue weighted by atomic mass is 10.0. The predicted molar refractivity (Wildman–Crippen MR) is 80.9 cm³/mol. The fraction of sp³-hybridized carbons (Fsp3) is 0.625. The van der Waals surface area contributed by atoms with E-state index in [0.717, 1.165) is 30.5 Å². The molecule has 1 aromatic carbocycles. The molecule has 0 spiro atoms. The molecule has 1 aliphatic carbocycles. The fourth-order valence-corrected chi connectivity index (χ4v) is 3.06. The molecule has 1 saturated carbocycles. The minimum atomic E-state index is 0.479. The number of hydrogen-bond donors (Lipinski definition) is 1. The molecule has 2 unspecified atom stereocenters. The summed E-state index contributed by atoms with van der Waals surface area (Å²) in [5, 5.41) is 3.68. The molecule has 1 saturated heterocycles. The number of ether oxygens (including phenoxy) is 2. The molecule has 3 rings (SSSR count). The molecule has 0 aromatic heterocycles. The van der Waals surface area contributed by atoms with Gasteiger partial charge in [0.2, 0.25) is 0 Å². The summed E-state index contributed by atoms with van der Waals surface area (Å²) in [7, 11) is 3.41. The molecule has 4 nitrogen and oxygen atoms in total. The van der Waals surface area contributed by atoms with Gasteiger partial charge in [0.15, 0.2) is 0 Å². The van der Waals surface area contributed by atoms with Gasteiger partial charge in [-0.2, -0.15) is 0 Å². The number of nitrogens with one attached hydrogen (secondary N) is 1. The minimum absolute atomic E-state index is 0.479.